The second-order valence-electron chi connectivity index (χ2n) is 3.38. The molecular formula is C11H9BrN2O3. The van der Waals surface area contributed by atoms with Gasteiger partial charge in [0, 0.05) is 4.47 Å². The highest BCUT2D eigenvalue weighted by Gasteiger charge is 2.10. The highest BCUT2D eigenvalue weighted by atomic mass is 79.9. The number of methoxy groups -OCH3 is 1. The van der Waals surface area contributed by atoms with E-state index in [4.69, 9.17) is 9.84 Å². The Bertz CT molecular complexity index is 586. The van der Waals surface area contributed by atoms with Gasteiger partial charge < -0.3 is 9.84 Å². The maximum absolute atomic E-state index is 10.6. The van der Waals surface area contributed by atoms with Crippen LogP contribution in [0.1, 0.15) is 5.82 Å². The molecule has 0 radical (unpaired) electrons. The Morgan fingerprint density at radius 3 is 2.88 bits per heavy atom. The quantitative estimate of drug-likeness (QED) is 0.938. The first kappa shape index (κ1) is 11.8. The van der Waals surface area contributed by atoms with Crippen LogP contribution in [0.5, 0.6) is 5.88 Å². The maximum Gasteiger partial charge on any atom is 0.311 e. The molecule has 0 bridgehead atoms. The topological polar surface area (TPSA) is 72.3 Å². The minimum absolute atomic E-state index is 0.223. The largest absolute Gasteiger partial charge is 0.481 e. The van der Waals surface area contributed by atoms with E-state index in [1.165, 1.54) is 7.11 Å². The van der Waals surface area contributed by atoms with Crippen molar-refractivity contribution in [2.24, 2.45) is 0 Å². The standard InChI is InChI=1S/C11H9BrN2O3/c1-17-11-7-3-2-6(12)4-8(7)13-9(14-11)5-10(15)16/h2-4H,5H2,1H3,(H,15,16). The van der Waals surface area contributed by atoms with E-state index in [1.807, 2.05) is 12.1 Å². The van der Waals surface area contributed by atoms with Crippen molar-refractivity contribution in [3.05, 3.63) is 28.5 Å². The Morgan fingerprint density at radius 1 is 1.47 bits per heavy atom. The van der Waals surface area contributed by atoms with Crippen LogP contribution in [-0.2, 0) is 11.2 Å². The van der Waals surface area contributed by atoms with Crippen LogP contribution in [0.25, 0.3) is 10.9 Å². The molecule has 17 heavy (non-hydrogen) atoms. The molecule has 2 aromatic rings. The average Bonchev–Trinajstić information content (AvgIpc) is 2.26. The van der Waals surface area contributed by atoms with Gasteiger partial charge in [0.05, 0.1) is 18.0 Å². The summed E-state index contributed by atoms with van der Waals surface area (Å²) in [5, 5.41) is 9.48. The van der Waals surface area contributed by atoms with Gasteiger partial charge in [-0.3, -0.25) is 4.79 Å². The second-order valence-corrected chi connectivity index (χ2v) is 4.30. The number of carboxylic acid groups (broad SMARTS) is 1. The zero-order valence-corrected chi connectivity index (χ0v) is 10.6. The summed E-state index contributed by atoms with van der Waals surface area (Å²) in [6, 6.07) is 5.47. The predicted molar refractivity (Wildman–Crippen MR) is 65.1 cm³/mol. The number of hydrogen-bond acceptors (Lipinski definition) is 4. The van der Waals surface area contributed by atoms with Gasteiger partial charge in [0.15, 0.2) is 0 Å². The summed E-state index contributed by atoms with van der Waals surface area (Å²) >= 11 is 3.34. The Hall–Kier alpha value is -1.69. The summed E-state index contributed by atoms with van der Waals surface area (Å²) in [5.41, 5.74) is 0.655. The lowest BCUT2D eigenvalue weighted by atomic mass is 10.2. The van der Waals surface area contributed by atoms with Crippen LogP contribution >= 0.6 is 15.9 Å². The number of aromatic nitrogens is 2. The van der Waals surface area contributed by atoms with E-state index in [1.54, 1.807) is 6.07 Å². The van der Waals surface area contributed by atoms with Crippen molar-refractivity contribution < 1.29 is 14.6 Å². The van der Waals surface area contributed by atoms with Crippen molar-refractivity contribution >= 4 is 32.8 Å². The van der Waals surface area contributed by atoms with E-state index in [2.05, 4.69) is 25.9 Å². The molecule has 2 rings (SSSR count). The first-order valence-corrected chi connectivity index (χ1v) is 5.61. The molecule has 0 fully saturated rings. The van der Waals surface area contributed by atoms with Gasteiger partial charge in [-0.25, -0.2) is 4.98 Å². The molecule has 0 amide bonds. The van der Waals surface area contributed by atoms with Crippen LogP contribution in [0.2, 0.25) is 0 Å². The van der Waals surface area contributed by atoms with Crippen molar-refractivity contribution in [1.82, 2.24) is 9.97 Å². The van der Waals surface area contributed by atoms with Gasteiger partial charge in [0.25, 0.3) is 0 Å². The average molecular weight is 297 g/mol. The third-order valence-electron chi connectivity index (χ3n) is 2.17. The normalized spacial score (nSPS) is 10.5. The number of nitrogens with zero attached hydrogens (tertiary/aromatic N) is 2. The first-order chi connectivity index (χ1) is 8.10. The Balaban J connectivity index is 2.62. The fourth-order valence-corrected chi connectivity index (χ4v) is 1.84. The van der Waals surface area contributed by atoms with E-state index >= 15 is 0 Å². The molecular weight excluding hydrogens is 288 g/mol. The third kappa shape index (κ3) is 2.52. The van der Waals surface area contributed by atoms with Crippen molar-refractivity contribution in [2.75, 3.05) is 7.11 Å². The van der Waals surface area contributed by atoms with Gasteiger partial charge in [0.2, 0.25) is 5.88 Å². The molecule has 0 aliphatic heterocycles. The summed E-state index contributed by atoms with van der Waals surface area (Å²) in [7, 11) is 1.49. The highest BCUT2D eigenvalue weighted by molar-refractivity contribution is 9.10. The SMILES string of the molecule is COc1nc(CC(=O)O)nc2cc(Br)ccc12. The summed E-state index contributed by atoms with van der Waals surface area (Å²) in [4.78, 5) is 18.9. The molecule has 0 aliphatic carbocycles. The minimum atomic E-state index is -0.971. The lowest BCUT2D eigenvalue weighted by Gasteiger charge is -2.06. The summed E-state index contributed by atoms with van der Waals surface area (Å²) in [6.45, 7) is 0. The minimum Gasteiger partial charge on any atom is -0.481 e. The molecule has 0 atom stereocenters. The van der Waals surface area contributed by atoms with Crippen LogP contribution in [0.4, 0.5) is 0 Å². The molecule has 1 heterocycles. The van der Waals surface area contributed by atoms with Crippen molar-refractivity contribution in [1.29, 1.82) is 0 Å². The number of rotatable bonds is 3. The Morgan fingerprint density at radius 2 is 2.24 bits per heavy atom. The second kappa shape index (κ2) is 4.67. The molecule has 0 saturated carbocycles. The fourth-order valence-electron chi connectivity index (χ4n) is 1.49. The Kier molecular flexibility index (Phi) is 3.23. The number of fused-ring (bicyclic) bond motifs is 1. The third-order valence-corrected chi connectivity index (χ3v) is 2.67. The molecule has 1 aromatic heterocycles. The zero-order valence-electron chi connectivity index (χ0n) is 8.98. The number of aliphatic carboxylic acids is 1. The van der Waals surface area contributed by atoms with E-state index in [0.717, 1.165) is 9.86 Å². The van der Waals surface area contributed by atoms with Gasteiger partial charge in [-0.1, -0.05) is 15.9 Å². The molecule has 0 saturated heterocycles. The van der Waals surface area contributed by atoms with Crippen LogP contribution in [-0.4, -0.2) is 28.2 Å². The monoisotopic (exact) mass is 296 g/mol. The fraction of sp³-hybridized carbons (Fsp3) is 0.182. The molecule has 1 N–H and O–H groups in total. The summed E-state index contributed by atoms with van der Waals surface area (Å²) in [5.74, 6) is -0.347. The van der Waals surface area contributed by atoms with Gasteiger partial charge in [-0.2, -0.15) is 4.98 Å². The van der Waals surface area contributed by atoms with E-state index < -0.39 is 5.97 Å². The van der Waals surface area contributed by atoms with Crippen LogP contribution in [0, 0.1) is 0 Å². The first-order valence-electron chi connectivity index (χ1n) is 4.82. The smallest absolute Gasteiger partial charge is 0.311 e. The number of halogens is 1. The molecule has 0 aliphatic rings. The van der Waals surface area contributed by atoms with Crippen LogP contribution in [0.15, 0.2) is 22.7 Å². The molecule has 0 spiro atoms. The molecule has 6 heteroatoms. The van der Waals surface area contributed by atoms with E-state index in [9.17, 15) is 4.79 Å². The summed E-state index contributed by atoms with van der Waals surface area (Å²) in [6.07, 6.45) is -0.223. The lowest BCUT2D eigenvalue weighted by molar-refractivity contribution is -0.136. The lowest BCUT2D eigenvalue weighted by Crippen LogP contribution is -2.06. The predicted octanol–water partition coefficient (Wildman–Crippen LogP) is 2.03. The molecule has 1 aromatic carbocycles. The van der Waals surface area contributed by atoms with Gasteiger partial charge in [-0.15, -0.1) is 0 Å². The van der Waals surface area contributed by atoms with Crippen molar-refractivity contribution in [2.45, 2.75) is 6.42 Å². The van der Waals surface area contributed by atoms with Crippen LogP contribution in [0.3, 0.4) is 0 Å². The zero-order chi connectivity index (χ0) is 12.4. The number of carbonyl (C=O) groups is 1. The van der Waals surface area contributed by atoms with Gasteiger partial charge in [-0.05, 0) is 18.2 Å². The molecule has 0 unspecified atom stereocenters. The van der Waals surface area contributed by atoms with Crippen molar-refractivity contribution in [3.63, 3.8) is 0 Å². The molecule has 88 valence electrons. The van der Waals surface area contributed by atoms with E-state index in [0.29, 0.717) is 11.4 Å². The summed E-state index contributed by atoms with van der Waals surface area (Å²) < 4.78 is 6.00. The van der Waals surface area contributed by atoms with Crippen LogP contribution < -0.4 is 4.74 Å². The molecule has 5 nitrogen and oxygen atoms in total. The van der Waals surface area contributed by atoms with E-state index in [-0.39, 0.29) is 12.2 Å². The number of carboxylic acids is 1. The van der Waals surface area contributed by atoms with Gasteiger partial charge in [0.1, 0.15) is 12.2 Å². The highest BCUT2D eigenvalue weighted by Crippen LogP contribution is 2.25. The maximum atomic E-state index is 10.6. The number of hydrogen-bond donors (Lipinski definition) is 1. The number of benzene rings is 1. The van der Waals surface area contributed by atoms with Crippen molar-refractivity contribution in [3.8, 4) is 5.88 Å². The Labute approximate surface area is 106 Å². The van der Waals surface area contributed by atoms with Gasteiger partial charge >= 0.3 is 5.97 Å². The number of ether oxygens (including phenoxy) is 1.